The molecular weight excluding hydrogens is 384 g/mol. The quantitative estimate of drug-likeness (QED) is 0.200. The minimum Gasteiger partial charge on any atom is -0.466 e. The molecule has 0 atom stereocenters. The molecule has 0 spiro atoms. The molecule has 0 aliphatic heterocycles. The molecule has 0 radical (unpaired) electrons. The van der Waals surface area contributed by atoms with Gasteiger partial charge in [-0.1, -0.05) is 65.2 Å². The van der Waals surface area contributed by atoms with Gasteiger partial charge in [-0.2, -0.15) is 0 Å². The molecule has 0 aromatic rings. The molecule has 180 valence electrons. The minimum absolute atomic E-state index is 0.101. The van der Waals surface area contributed by atoms with E-state index in [9.17, 15) is 9.59 Å². The normalized spacial score (nSPS) is 10.3. The smallest absolute Gasteiger partial charge is 0.305 e. The van der Waals surface area contributed by atoms with Crippen LogP contribution >= 0.6 is 0 Å². The Morgan fingerprint density at radius 3 is 1.23 bits per heavy atom. The summed E-state index contributed by atoms with van der Waals surface area (Å²) >= 11 is 0. The number of carbonyl (C=O) groups excluding carboxylic acids is 2. The van der Waals surface area contributed by atoms with Crippen LogP contribution in [0.5, 0.6) is 0 Å². The molecular formula is C24H48O6. The Labute approximate surface area is 184 Å². The Morgan fingerprint density at radius 2 is 0.900 bits per heavy atom. The van der Waals surface area contributed by atoms with Crippen LogP contribution in [0.25, 0.3) is 0 Å². The van der Waals surface area contributed by atoms with Crippen LogP contribution in [0.3, 0.4) is 0 Å². The Bertz CT molecular complexity index is 326. The van der Waals surface area contributed by atoms with Gasteiger partial charge >= 0.3 is 11.9 Å². The first-order valence-corrected chi connectivity index (χ1v) is 12.1. The van der Waals surface area contributed by atoms with Gasteiger partial charge < -0.3 is 19.7 Å². The highest BCUT2D eigenvalue weighted by Crippen LogP contribution is 2.07. The van der Waals surface area contributed by atoms with Gasteiger partial charge in [0, 0.05) is 26.1 Å². The summed E-state index contributed by atoms with van der Waals surface area (Å²) in [5.41, 5.74) is 0. The van der Waals surface area contributed by atoms with Crippen LogP contribution in [0.15, 0.2) is 0 Å². The molecule has 0 aliphatic carbocycles. The highest BCUT2D eigenvalue weighted by molar-refractivity contribution is 5.69. The van der Waals surface area contributed by atoms with E-state index in [0.29, 0.717) is 26.1 Å². The van der Waals surface area contributed by atoms with Crippen LogP contribution in [0.1, 0.15) is 117 Å². The van der Waals surface area contributed by atoms with E-state index in [2.05, 4.69) is 13.8 Å². The average molecular weight is 433 g/mol. The van der Waals surface area contributed by atoms with Crippen molar-refractivity contribution in [1.82, 2.24) is 0 Å². The maximum atomic E-state index is 11.5. The molecule has 0 amide bonds. The number of unbranched alkanes of at least 4 members (excludes halogenated alkanes) is 10. The summed E-state index contributed by atoms with van der Waals surface area (Å²) in [6, 6.07) is 0. The van der Waals surface area contributed by atoms with Gasteiger partial charge in [0.1, 0.15) is 0 Å². The van der Waals surface area contributed by atoms with Crippen molar-refractivity contribution < 1.29 is 29.3 Å². The number of hydrogen-bond donors (Lipinski definition) is 2. The molecule has 0 unspecified atom stereocenters. The Balaban J connectivity index is 0. The van der Waals surface area contributed by atoms with Crippen molar-refractivity contribution in [2.75, 3.05) is 26.4 Å². The lowest BCUT2D eigenvalue weighted by molar-refractivity contribution is -0.146. The second-order valence-corrected chi connectivity index (χ2v) is 7.63. The molecule has 6 nitrogen and oxygen atoms in total. The zero-order valence-electron chi connectivity index (χ0n) is 19.7. The molecule has 0 aliphatic rings. The lowest BCUT2D eigenvalue weighted by atomic mass is 10.1. The molecule has 0 bridgehead atoms. The number of aliphatic hydroxyl groups excluding tert-OH is 2. The van der Waals surface area contributed by atoms with Crippen LogP contribution in [0.4, 0.5) is 0 Å². The van der Waals surface area contributed by atoms with Crippen molar-refractivity contribution in [2.24, 2.45) is 0 Å². The second-order valence-electron chi connectivity index (χ2n) is 7.63. The molecule has 0 saturated heterocycles. The number of ether oxygens (including phenoxy) is 2. The standard InChI is InChI=1S/C20H38O4.C4H10O2/c1-3-5-7-9-11-15-19(21)23-17-13-14-18-24-20(22)16-12-10-8-6-4-2;5-3-1-2-4-6/h3-18H2,1-2H3;5-6H,1-4H2. The van der Waals surface area contributed by atoms with Crippen LogP contribution in [0, 0.1) is 0 Å². The van der Waals surface area contributed by atoms with Crippen molar-refractivity contribution in [2.45, 2.75) is 117 Å². The van der Waals surface area contributed by atoms with Crippen molar-refractivity contribution >= 4 is 11.9 Å². The summed E-state index contributed by atoms with van der Waals surface area (Å²) in [4.78, 5) is 23.0. The molecule has 0 saturated carbocycles. The third-order valence-electron chi connectivity index (χ3n) is 4.60. The van der Waals surface area contributed by atoms with Crippen LogP contribution in [-0.4, -0.2) is 48.6 Å². The van der Waals surface area contributed by atoms with Crippen LogP contribution in [0.2, 0.25) is 0 Å². The first-order chi connectivity index (χ1) is 14.6. The van der Waals surface area contributed by atoms with Gasteiger partial charge in [-0.15, -0.1) is 0 Å². The van der Waals surface area contributed by atoms with Crippen molar-refractivity contribution in [1.29, 1.82) is 0 Å². The lowest BCUT2D eigenvalue weighted by Crippen LogP contribution is -2.08. The number of rotatable bonds is 20. The predicted molar refractivity (Wildman–Crippen MR) is 121 cm³/mol. The van der Waals surface area contributed by atoms with E-state index in [1.165, 1.54) is 38.5 Å². The lowest BCUT2D eigenvalue weighted by Gasteiger charge is -2.06. The summed E-state index contributed by atoms with van der Waals surface area (Å²) in [5.74, 6) is -0.203. The summed E-state index contributed by atoms with van der Waals surface area (Å²) in [6.45, 7) is 5.62. The zero-order chi connectivity index (χ0) is 22.7. The first-order valence-electron chi connectivity index (χ1n) is 12.1. The van der Waals surface area contributed by atoms with E-state index < -0.39 is 0 Å². The Hall–Kier alpha value is -1.14. The summed E-state index contributed by atoms with van der Waals surface area (Å²) in [7, 11) is 0. The fraction of sp³-hybridized carbons (Fsp3) is 0.917. The number of hydrogen-bond acceptors (Lipinski definition) is 6. The van der Waals surface area contributed by atoms with Gasteiger partial charge in [0.05, 0.1) is 13.2 Å². The number of aliphatic hydroxyl groups is 2. The third kappa shape index (κ3) is 29.1. The van der Waals surface area contributed by atoms with Gasteiger partial charge in [0.25, 0.3) is 0 Å². The molecule has 0 aromatic heterocycles. The molecule has 6 heteroatoms. The summed E-state index contributed by atoms with van der Waals surface area (Å²) in [6.07, 6.45) is 15.4. The van der Waals surface area contributed by atoms with E-state index >= 15 is 0 Å². The largest absolute Gasteiger partial charge is 0.466 e. The van der Waals surface area contributed by atoms with Gasteiger partial charge in [0.2, 0.25) is 0 Å². The van der Waals surface area contributed by atoms with Crippen molar-refractivity contribution in [3.05, 3.63) is 0 Å². The molecule has 30 heavy (non-hydrogen) atoms. The fourth-order valence-electron chi connectivity index (χ4n) is 2.69. The van der Waals surface area contributed by atoms with E-state index in [1.54, 1.807) is 0 Å². The van der Waals surface area contributed by atoms with Gasteiger partial charge in [-0.25, -0.2) is 0 Å². The molecule has 0 heterocycles. The van der Waals surface area contributed by atoms with E-state index in [1.807, 2.05) is 0 Å². The van der Waals surface area contributed by atoms with Crippen molar-refractivity contribution in [3.8, 4) is 0 Å². The molecule has 0 fully saturated rings. The summed E-state index contributed by atoms with van der Waals surface area (Å²) in [5, 5.41) is 16.2. The van der Waals surface area contributed by atoms with E-state index in [0.717, 1.165) is 51.4 Å². The minimum atomic E-state index is -0.101. The Kier molecular flexibility index (Phi) is 28.8. The number of esters is 2. The van der Waals surface area contributed by atoms with Crippen molar-refractivity contribution in [3.63, 3.8) is 0 Å². The summed E-state index contributed by atoms with van der Waals surface area (Å²) < 4.78 is 10.4. The topological polar surface area (TPSA) is 93.1 Å². The second kappa shape index (κ2) is 27.9. The SMILES string of the molecule is CCCCCCCC(=O)OCCCCOC(=O)CCCCCCC.OCCCCO. The maximum absolute atomic E-state index is 11.5. The Morgan fingerprint density at radius 1 is 0.533 bits per heavy atom. The van der Waals surface area contributed by atoms with E-state index in [4.69, 9.17) is 19.7 Å². The van der Waals surface area contributed by atoms with Crippen LogP contribution in [-0.2, 0) is 19.1 Å². The zero-order valence-corrected chi connectivity index (χ0v) is 19.7. The van der Waals surface area contributed by atoms with Crippen LogP contribution < -0.4 is 0 Å². The highest BCUT2D eigenvalue weighted by Gasteiger charge is 2.04. The fourth-order valence-corrected chi connectivity index (χ4v) is 2.69. The molecule has 0 aromatic carbocycles. The highest BCUT2D eigenvalue weighted by atomic mass is 16.5. The monoisotopic (exact) mass is 432 g/mol. The predicted octanol–water partition coefficient (Wildman–Crippen LogP) is 5.33. The van der Waals surface area contributed by atoms with Gasteiger partial charge in [-0.3, -0.25) is 9.59 Å². The maximum Gasteiger partial charge on any atom is 0.305 e. The average Bonchev–Trinajstić information content (AvgIpc) is 2.74. The van der Waals surface area contributed by atoms with Gasteiger partial charge in [0.15, 0.2) is 0 Å². The first kappa shape index (κ1) is 31.0. The van der Waals surface area contributed by atoms with Gasteiger partial charge in [-0.05, 0) is 38.5 Å². The molecule has 0 rings (SSSR count). The number of carbonyl (C=O) groups is 2. The molecule has 2 N–H and O–H groups in total. The third-order valence-corrected chi connectivity index (χ3v) is 4.60. The van der Waals surface area contributed by atoms with E-state index in [-0.39, 0.29) is 25.2 Å².